The van der Waals surface area contributed by atoms with Crippen LogP contribution in [0.15, 0.2) is 59.7 Å². The maximum atomic E-state index is 13.8. The molecule has 0 unspecified atom stereocenters. The van der Waals surface area contributed by atoms with E-state index in [2.05, 4.69) is 0 Å². The molecule has 2 aromatic carbocycles. The number of halogens is 1. The summed E-state index contributed by atoms with van der Waals surface area (Å²) in [4.78, 5) is 28.9. The quantitative estimate of drug-likeness (QED) is 0.188. The summed E-state index contributed by atoms with van der Waals surface area (Å²) in [6, 6.07) is 14.6. The lowest BCUT2D eigenvalue weighted by Crippen LogP contribution is -2.42. The highest BCUT2D eigenvalue weighted by Gasteiger charge is 2.56. The molecule has 1 saturated carbocycles. The Morgan fingerprint density at radius 3 is 2.50 bits per heavy atom. The van der Waals surface area contributed by atoms with Gasteiger partial charge in [0.25, 0.3) is 0 Å². The van der Waals surface area contributed by atoms with E-state index >= 15 is 0 Å². The van der Waals surface area contributed by atoms with Crippen molar-refractivity contribution in [1.29, 1.82) is 0 Å². The van der Waals surface area contributed by atoms with Crippen molar-refractivity contribution in [3.05, 3.63) is 75.8 Å². The van der Waals surface area contributed by atoms with Crippen LogP contribution in [0.3, 0.4) is 0 Å². The summed E-state index contributed by atoms with van der Waals surface area (Å²) in [5.41, 5.74) is 4.09. The van der Waals surface area contributed by atoms with Crippen LogP contribution in [0.2, 0.25) is 5.02 Å². The fraction of sp³-hybridized carbons (Fsp3) is 0.471. The minimum absolute atomic E-state index is 0.0757. The predicted molar refractivity (Wildman–Crippen MR) is 162 cm³/mol. The first kappa shape index (κ1) is 30.5. The highest BCUT2D eigenvalue weighted by Crippen LogP contribution is 2.48. The second-order valence-electron chi connectivity index (χ2n) is 11.8. The zero-order valence-electron chi connectivity index (χ0n) is 24.0. The van der Waals surface area contributed by atoms with Gasteiger partial charge in [-0.1, -0.05) is 61.2 Å². The number of phenolic OH excluding ortho intramolecular Hbond substituents is 1. The fourth-order valence-corrected chi connectivity index (χ4v) is 7.44. The van der Waals surface area contributed by atoms with Gasteiger partial charge in [0.1, 0.15) is 5.75 Å². The number of aliphatic hydroxyl groups excluding tert-OH is 2. The number of methoxy groups -OCH3 is 1. The van der Waals surface area contributed by atoms with Crippen molar-refractivity contribution in [1.82, 2.24) is 4.90 Å². The number of benzene rings is 2. The van der Waals surface area contributed by atoms with Gasteiger partial charge in [0.05, 0.1) is 36.2 Å². The van der Waals surface area contributed by atoms with Crippen LogP contribution >= 0.6 is 11.6 Å². The molecule has 42 heavy (non-hydrogen) atoms. The van der Waals surface area contributed by atoms with E-state index in [1.165, 1.54) is 11.0 Å². The van der Waals surface area contributed by atoms with E-state index in [9.17, 15) is 24.9 Å². The number of imide groups is 1. The van der Waals surface area contributed by atoms with E-state index in [1.54, 1.807) is 19.2 Å². The molecule has 2 fully saturated rings. The number of amides is 2. The number of phenols is 1. The van der Waals surface area contributed by atoms with Crippen molar-refractivity contribution in [3.63, 3.8) is 0 Å². The first-order valence-corrected chi connectivity index (χ1v) is 15.3. The van der Waals surface area contributed by atoms with E-state index in [1.807, 2.05) is 36.4 Å². The molecule has 0 radical (unpaired) electrons. The van der Waals surface area contributed by atoms with Crippen molar-refractivity contribution in [2.24, 2.45) is 17.8 Å². The fourth-order valence-electron chi connectivity index (χ4n) is 7.21. The number of aromatic hydroxyl groups is 1. The molecule has 4 atom stereocenters. The largest absolute Gasteiger partial charge is 0.508 e. The summed E-state index contributed by atoms with van der Waals surface area (Å²) < 4.78 is 5.50. The van der Waals surface area contributed by atoms with E-state index in [4.69, 9.17) is 16.3 Å². The van der Waals surface area contributed by atoms with Crippen LogP contribution in [-0.4, -0.2) is 64.5 Å². The maximum absolute atomic E-state index is 13.8. The highest BCUT2D eigenvalue weighted by atomic mass is 35.5. The topological polar surface area (TPSA) is 107 Å². The van der Waals surface area contributed by atoms with Gasteiger partial charge in [-0.25, -0.2) is 0 Å². The molecule has 0 bridgehead atoms. The number of likely N-dealkylation sites (tertiary alicyclic amines) is 1. The van der Waals surface area contributed by atoms with Gasteiger partial charge in [0.2, 0.25) is 11.8 Å². The van der Waals surface area contributed by atoms with E-state index in [0.29, 0.717) is 29.9 Å². The molecule has 0 spiro atoms. The summed E-state index contributed by atoms with van der Waals surface area (Å²) >= 11 is 6.42. The van der Waals surface area contributed by atoms with E-state index in [0.717, 1.165) is 54.4 Å². The van der Waals surface area contributed by atoms with Crippen LogP contribution < -0.4 is 0 Å². The van der Waals surface area contributed by atoms with Crippen LogP contribution in [0.25, 0.3) is 11.6 Å². The van der Waals surface area contributed by atoms with Gasteiger partial charge in [-0.3, -0.25) is 14.5 Å². The lowest BCUT2D eigenvalue weighted by Gasteiger charge is -2.36. The van der Waals surface area contributed by atoms with Crippen LogP contribution in [-0.2, 0) is 14.3 Å². The summed E-state index contributed by atoms with van der Waals surface area (Å²) in [6.07, 6.45) is 6.96. The molecule has 224 valence electrons. The third kappa shape index (κ3) is 6.20. The Bertz CT molecular complexity index is 1350. The lowest BCUT2D eigenvalue weighted by atomic mass is 9.68. The molecule has 5 rings (SSSR count). The number of hydrogen-bond donors (Lipinski definition) is 3. The summed E-state index contributed by atoms with van der Waals surface area (Å²) in [6.45, 7) is -0.107. The Balaban J connectivity index is 1.43. The number of aliphatic hydroxyl groups is 2. The van der Waals surface area contributed by atoms with Crippen molar-refractivity contribution in [3.8, 4) is 5.75 Å². The van der Waals surface area contributed by atoms with Crippen molar-refractivity contribution >= 4 is 35.1 Å². The number of carbonyl (C=O) groups excluding carboxylic acids is 2. The van der Waals surface area contributed by atoms with Crippen LogP contribution in [0.1, 0.15) is 62.5 Å². The number of ether oxygens (including phenoxy) is 1. The first-order valence-electron chi connectivity index (χ1n) is 14.9. The number of allylic oxidation sites excluding steroid dienone is 1. The predicted octanol–water partition coefficient (Wildman–Crippen LogP) is 5.62. The average Bonchev–Trinajstić information content (AvgIpc) is 3.25. The first-order chi connectivity index (χ1) is 20.3. The number of carbonyl (C=O) groups is 2. The number of fused-ring (bicyclic) bond motifs is 1. The Morgan fingerprint density at radius 2 is 1.83 bits per heavy atom. The minimum Gasteiger partial charge on any atom is -0.508 e. The highest BCUT2D eigenvalue weighted by molar-refractivity contribution is 6.32. The standard InChI is InChI=1S/C34H40ClNO6/c1-42-20-24-17-27-32(34(41)36(33(27)40)25-10-6-3-7-11-25)28(19-37)31(24)30(39)15-13-22(21-8-4-2-5-9-21)16-23-12-14-26(38)18-29(23)35/h2,4-5,8-9,12,14,16,18,25,27-28,30,32,37-39H,3,6-7,10-11,13,15,17,19-20H2,1H3/b22-16-/t27-,28+,30-,32-/m1/s1. The van der Waals surface area contributed by atoms with Crippen LogP contribution in [0.4, 0.5) is 0 Å². The molecule has 2 aromatic rings. The Labute approximate surface area is 252 Å². The molecule has 8 heteroatoms. The Morgan fingerprint density at radius 1 is 1.10 bits per heavy atom. The normalized spacial score (nSPS) is 24.3. The SMILES string of the molecule is COCC1=C([C@H](O)CC/C(=C/c2ccc(O)cc2Cl)c2ccccc2)[C@H](CO)[C@@H]2C(=O)N(C3CCCCC3)C(=O)[C@@H]2C1. The average molecular weight is 594 g/mol. The maximum Gasteiger partial charge on any atom is 0.234 e. The molecular formula is C34H40ClNO6. The van der Waals surface area contributed by atoms with E-state index in [-0.39, 0.29) is 36.8 Å². The van der Waals surface area contributed by atoms with Gasteiger partial charge in [-0.2, -0.15) is 0 Å². The van der Waals surface area contributed by atoms with Gasteiger partial charge in [-0.05, 0) is 84.2 Å². The minimum atomic E-state index is -0.942. The van der Waals surface area contributed by atoms with Crippen LogP contribution in [0.5, 0.6) is 5.75 Å². The summed E-state index contributed by atoms with van der Waals surface area (Å²) in [5, 5.41) is 32.5. The molecular weight excluding hydrogens is 554 g/mol. The summed E-state index contributed by atoms with van der Waals surface area (Å²) in [5.74, 6) is -2.12. The zero-order valence-corrected chi connectivity index (χ0v) is 24.8. The molecule has 3 N–H and O–H groups in total. The Kier molecular flexibility index (Phi) is 9.84. The number of rotatable bonds is 10. The van der Waals surface area contributed by atoms with Crippen molar-refractivity contribution in [2.45, 2.75) is 63.5 Å². The van der Waals surface area contributed by atoms with Gasteiger partial charge in [0, 0.05) is 19.1 Å². The lowest BCUT2D eigenvalue weighted by molar-refractivity contribution is -0.143. The molecule has 0 aromatic heterocycles. The molecule has 1 heterocycles. The smallest absolute Gasteiger partial charge is 0.234 e. The summed E-state index contributed by atoms with van der Waals surface area (Å²) in [7, 11) is 1.57. The molecule has 2 aliphatic carbocycles. The van der Waals surface area contributed by atoms with Gasteiger partial charge in [0.15, 0.2) is 0 Å². The zero-order chi connectivity index (χ0) is 29.8. The van der Waals surface area contributed by atoms with E-state index < -0.39 is 23.9 Å². The monoisotopic (exact) mass is 593 g/mol. The molecule has 3 aliphatic rings. The third-order valence-electron chi connectivity index (χ3n) is 9.18. The second kappa shape index (κ2) is 13.6. The Hall–Kier alpha value is -2.97. The number of hydrogen-bond acceptors (Lipinski definition) is 6. The van der Waals surface area contributed by atoms with Gasteiger partial charge < -0.3 is 20.1 Å². The van der Waals surface area contributed by atoms with Gasteiger partial charge >= 0.3 is 0 Å². The van der Waals surface area contributed by atoms with Crippen LogP contribution in [0, 0.1) is 17.8 Å². The molecule has 2 amide bonds. The molecule has 7 nitrogen and oxygen atoms in total. The van der Waals surface area contributed by atoms with Gasteiger partial charge in [-0.15, -0.1) is 0 Å². The second-order valence-corrected chi connectivity index (χ2v) is 12.2. The molecule has 1 aliphatic heterocycles. The van der Waals surface area contributed by atoms with Crippen molar-refractivity contribution < 1.29 is 29.6 Å². The third-order valence-corrected chi connectivity index (χ3v) is 9.51. The van der Waals surface area contributed by atoms with Crippen molar-refractivity contribution in [2.75, 3.05) is 20.3 Å². The number of nitrogens with zero attached hydrogens (tertiary/aromatic N) is 1. The molecule has 1 saturated heterocycles.